The second-order valence-corrected chi connectivity index (χ2v) is 8.41. The van der Waals surface area contributed by atoms with Gasteiger partial charge >= 0.3 is 5.97 Å². The number of benzene rings is 1. The molecule has 0 amide bonds. The van der Waals surface area contributed by atoms with E-state index < -0.39 is 26.7 Å². The first kappa shape index (κ1) is 18.1. The lowest BCUT2D eigenvalue weighted by Crippen LogP contribution is -2.29. The summed E-state index contributed by atoms with van der Waals surface area (Å²) in [6, 6.07) is 3.37. The van der Waals surface area contributed by atoms with Crippen molar-refractivity contribution in [1.82, 2.24) is 4.31 Å². The first-order valence-electron chi connectivity index (χ1n) is 8.60. The molecule has 1 aromatic rings. The Bertz CT molecular complexity index is 769. The fraction of sp³-hybridized carbons (Fsp3) is 0.500. The molecule has 7 heteroatoms. The lowest BCUT2D eigenvalue weighted by Gasteiger charge is -2.18. The van der Waals surface area contributed by atoms with Crippen molar-refractivity contribution in [3.05, 3.63) is 41.7 Å². The van der Waals surface area contributed by atoms with Gasteiger partial charge in [0.1, 0.15) is 10.7 Å². The molecule has 1 unspecified atom stereocenters. The zero-order chi connectivity index (χ0) is 17.9. The highest BCUT2D eigenvalue weighted by molar-refractivity contribution is 7.89. The molecule has 1 heterocycles. The van der Waals surface area contributed by atoms with Crippen molar-refractivity contribution in [1.29, 1.82) is 0 Å². The van der Waals surface area contributed by atoms with Crippen molar-refractivity contribution in [2.24, 2.45) is 5.92 Å². The Morgan fingerprint density at radius 3 is 2.68 bits per heavy atom. The van der Waals surface area contributed by atoms with E-state index in [1.54, 1.807) is 0 Å². The van der Waals surface area contributed by atoms with Crippen LogP contribution in [0.4, 0.5) is 4.39 Å². The predicted octanol–water partition coefficient (Wildman–Crippen LogP) is 3.12. The summed E-state index contributed by atoms with van der Waals surface area (Å²) >= 11 is 0. The maximum absolute atomic E-state index is 14.1. The summed E-state index contributed by atoms with van der Waals surface area (Å²) in [4.78, 5) is 11.8. The van der Waals surface area contributed by atoms with Crippen molar-refractivity contribution in [2.75, 3.05) is 19.7 Å². The molecule has 0 saturated carbocycles. The van der Waals surface area contributed by atoms with Gasteiger partial charge in [-0.2, -0.15) is 4.31 Å². The number of ether oxygens (including phenoxy) is 1. The molecule has 1 aliphatic carbocycles. The smallest absolute Gasteiger partial charge is 0.338 e. The average Bonchev–Trinajstić information content (AvgIpc) is 3.16. The molecule has 1 aromatic carbocycles. The van der Waals surface area contributed by atoms with Gasteiger partial charge in [-0.3, -0.25) is 0 Å². The topological polar surface area (TPSA) is 63.7 Å². The SMILES string of the molecule is O=C(OCC1CC=CCC1)c1ccc(F)c(S(=O)(=O)N2CCCC2)c1. The van der Waals surface area contributed by atoms with Crippen molar-refractivity contribution >= 4 is 16.0 Å². The molecule has 3 rings (SSSR count). The summed E-state index contributed by atoms with van der Waals surface area (Å²) in [7, 11) is -3.92. The van der Waals surface area contributed by atoms with E-state index in [1.807, 2.05) is 0 Å². The van der Waals surface area contributed by atoms with Crippen LogP contribution in [-0.4, -0.2) is 38.4 Å². The van der Waals surface area contributed by atoms with Gasteiger partial charge in [-0.05, 0) is 56.2 Å². The summed E-state index contributed by atoms with van der Waals surface area (Å²) in [5.41, 5.74) is 0.0607. The monoisotopic (exact) mass is 367 g/mol. The molecule has 5 nitrogen and oxygen atoms in total. The van der Waals surface area contributed by atoms with Gasteiger partial charge in [0.15, 0.2) is 0 Å². The van der Waals surface area contributed by atoms with Crippen LogP contribution in [0, 0.1) is 11.7 Å². The van der Waals surface area contributed by atoms with Gasteiger partial charge in [0.2, 0.25) is 10.0 Å². The van der Waals surface area contributed by atoms with Gasteiger partial charge in [0.25, 0.3) is 0 Å². The largest absolute Gasteiger partial charge is 0.462 e. The summed E-state index contributed by atoms with van der Waals surface area (Å²) < 4.78 is 45.8. The maximum Gasteiger partial charge on any atom is 0.338 e. The maximum atomic E-state index is 14.1. The van der Waals surface area contributed by atoms with Gasteiger partial charge in [-0.25, -0.2) is 17.6 Å². The molecule has 2 aliphatic rings. The molecule has 1 saturated heterocycles. The lowest BCUT2D eigenvalue weighted by molar-refractivity contribution is 0.0432. The Hall–Kier alpha value is -1.73. The van der Waals surface area contributed by atoms with Gasteiger partial charge in [0.05, 0.1) is 12.2 Å². The molecule has 25 heavy (non-hydrogen) atoms. The molecule has 0 radical (unpaired) electrons. The normalized spacial score (nSPS) is 21.4. The molecule has 0 N–H and O–H groups in total. The van der Waals surface area contributed by atoms with Crippen LogP contribution in [0.5, 0.6) is 0 Å². The summed E-state index contributed by atoms with van der Waals surface area (Å²) in [5, 5.41) is 0. The molecule has 1 fully saturated rings. The quantitative estimate of drug-likeness (QED) is 0.592. The molecule has 0 spiro atoms. The third-order valence-electron chi connectivity index (χ3n) is 4.68. The zero-order valence-corrected chi connectivity index (χ0v) is 14.8. The number of esters is 1. The fourth-order valence-electron chi connectivity index (χ4n) is 3.18. The lowest BCUT2D eigenvalue weighted by atomic mass is 9.95. The highest BCUT2D eigenvalue weighted by atomic mass is 32.2. The fourth-order valence-corrected chi connectivity index (χ4v) is 4.79. The van der Waals surface area contributed by atoms with E-state index in [9.17, 15) is 17.6 Å². The number of hydrogen-bond donors (Lipinski definition) is 0. The van der Waals surface area contributed by atoms with Crippen LogP contribution in [0.1, 0.15) is 42.5 Å². The Morgan fingerprint density at radius 2 is 2.00 bits per heavy atom. The van der Waals surface area contributed by atoms with E-state index in [0.29, 0.717) is 13.1 Å². The van der Waals surface area contributed by atoms with Gasteiger partial charge in [-0.15, -0.1) is 0 Å². The number of carbonyl (C=O) groups excluding carboxylic acids is 1. The number of allylic oxidation sites excluding steroid dienone is 2. The standard InChI is InChI=1S/C18H22FNO4S/c19-16-9-8-15(18(21)24-13-14-6-2-1-3-7-14)12-17(16)25(22,23)20-10-4-5-11-20/h1-2,8-9,12,14H,3-7,10-11,13H2. The van der Waals surface area contributed by atoms with Crippen LogP contribution in [-0.2, 0) is 14.8 Å². The summed E-state index contributed by atoms with van der Waals surface area (Å²) in [5.74, 6) is -1.18. The molecule has 1 aliphatic heterocycles. The van der Waals surface area contributed by atoms with Crippen LogP contribution in [0.2, 0.25) is 0 Å². The molecular formula is C18H22FNO4S. The Kier molecular flexibility index (Phi) is 5.54. The molecule has 0 aromatic heterocycles. The van der Waals surface area contributed by atoms with Gasteiger partial charge in [-0.1, -0.05) is 12.2 Å². The molecular weight excluding hydrogens is 345 g/mol. The third kappa shape index (κ3) is 4.10. The number of nitrogens with zero attached hydrogens (tertiary/aromatic N) is 1. The predicted molar refractivity (Wildman–Crippen MR) is 91.2 cm³/mol. The zero-order valence-electron chi connectivity index (χ0n) is 14.0. The van der Waals surface area contributed by atoms with Crippen molar-refractivity contribution < 1.29 is 22.3 Å². The van der Waals surface area contributed by atoms with Gasteiger partial charge in [0, 0.05) is 13.1 Å². The summed E-state index contributed by atoms with van der Waals surface area (Å²) in [6.45, 7) is 1.05. The van der Waals surface area contributed by atoms with E-state index in [1.165, 1.54) is 10.4 Å². The molecule has 1 atom stereocenters. The van der Waals surface area contributed by atoms with Gasteiger partial charge < -0.3 is 4.74 Å². The second kappa shape index (κ2) is 7.66. The highest BCUT2D eigenvalue weighted by Gasteiger charge is 2.30. The average molecular weight is 367 g/mol. The van der Waals surface area contributed by atoms with E-state index >= 15 is 0 Å². The van der Waals surface area contributed by atoms with E-state index in [0.717, 1.165) is 44.2 Å². The minimum Gasteiger partial charge on any atom is -0.462 e. The number of sulfonamides is 1. The molecule has 0 bridgehead atoms. The van der Waals surface area contributed by atoms with E-state index in [-0.39, 0.29) is 18.1 Å². The van der Waals surface area contributed by atoms with Crippen LogP contribution in [0.3, 0.4) is 0 Å². The number of rotatable bonds is 5. The Morgan fingerprint density at radius 1 is 1.24 bits per heavy atom. The second-order valence-electron chi connectivity index (χ2n) is 6.51. The minimum atomic E-state index is -3.92. The first-order valence-corrected chi connectivity index (χ1v) is 10.0. The van der Waals surface area contributed by atoms with E-state index in [4.69, 9.17) is 4.74 Å². The van der Waals surface area contributed by atoms with E-state index in [2.05, 4.69) is 12.2 Å². The number of hydrogen-bond acceptors (Lipinski definition) is 4. The van der Waals surface area contributed by atoms with Crippen molar-refractivity contribution in [3.63, 3.8) is 0 Å². The van der Waals surface area contributed by atoms with Crippen LogP contribution in [0.15, 0.2) is 35.2 Å². The third-order valence-corrected chi connectivity index (χ3v) is 6.59. The minimum absolute atomic E-state index is 0.0607. The van der Waals surface area contributed by atoms with Crippen LogP contribution in [0.25, 0.3) is 0 Å². The Balaban J connectivity index is 1.74. The van der Waals surface area contributed by atoms with Crippen molar-refractivity contribution in [2.45, 2.75) is 37.0 Å². The highest BCUT2D eigenvalue weighted by Crippen LogP contribution is 2.25. The molecule has 136 valence electrons. The number of carbonyl (C=O) groups is 1. The number of halogens is 1. The van der Waals surface area contributed by atoms with Crippen molar-refractivity contribution in [3.8, 4) is 0 Å². The van der Waals surface area contributed by atoms with Crippen LogP contribution < -0.4 is 0 Å². The van der Waals surface area contributed by atoms with Crippen LogP contribution >= 0.6 is 0 Å². The first-order chi connectivity index (χ1) is 12.0. The Labute approximate surface area is 147 Å². The summed E-state index contributed by atoms with van der Waals surface area (Å²) in [6.07, 6.45) is 8.50.